The van der Waals surface area contributed by atoms with Crippen LogP contribution in [-0.2, 0) is 29.1 Å². The molecule has 0 aliphatic rings. The van der Waals surface area contributed by atoms with Crippen LogP contribution in [0.3, 0.4) is 0 Å². The van der Waals surface area contributed by atoms with Crippen LogP contribution in [0.15, 0.2) is 78.0 Å². The molecule has 150 valence electrons. The molecule has 4 nitrogen and oxygen atoms in total. The van der Waals surface area contributed by atoms with Crippen molar-refractivity contribution >= 4 is 34.5 Å². The number of rotatable bonds is 10. The van der Waals surface area contributed by atoms with Gasteiger partial charge in [0.1, 0.15) is 6.54 Å². The van der Waals surface area contributed by atoms with E-state index < -0.39 is 0 Å². The highest BCUT2D eigenvalue weighted by Crippen LogP contribution is 2.16. The third-order valence-electron chi connectivity index (χ3n) is 4.43. The van der Waals surface area contributed by atoms with E-state index in [4.69, 9.17) is 0 Å². The predicted octanol–water partition coefficient (Wildman–Crippen LogP) is 4.60. The van der Waals surface area contributed by atoms with Crippen LogP contribution in [-0.4, -0.2) is 34.7 Å². The zero-order valence-electron chi connectivity index (χ0n) is 16.2. The molecule has 2 amide bonds. The number of carbonyl (C=O) groups excluding carboxylic acids is 2. The van der Waals surface area contributed by atoms with Crippen molar-refractivity contribution in [2.45, 2.75) is 19.5 Å². The van der Waals surface area contributed by atoms with E-state index in [1.165, 1.54) is 0 Å². The molecule has 0 aliphatic carbocycles. The topological polar surface area (TPSA) is 40.6 Å². The molecule has 2 heterocycles. The average Bonchev–Trinajstić information content (AvgIpc) is 3.42. The van der Waals surface area contributed by atoms with E-state index in [2.05, 4.69) is 6.58 Å². The highest BCUT2D eigenvalue weighted by Gasteiger charge is 2.21. The first kappa shape index (κ1) is 21.0. The summed E-state index contributed by atoms with van der Waals surface area (Å²) in [4.78, 5) is 31.4. The van der Waals surface area contributed by atoms with Gasteiger partial charge in [-0.05, 0) is 28.5 Å². The van der Waals surface area contributed by atoms with Crippen LogP contribution in [0.5, 0.6) is 0 Å². The second-order valence-corrected chi connectivity index (χ2v) is 8.70. The number of nitrogens with zero attached hydrogens (tertiary/aromatic N) is 2. The SMILES string of the molecule is C=CCN(CC(=O)N(Cc1ccccc1)Cc1cccs1)C(=O)Cc1cccs1. The molecular formula is C23H24N2O2S2. The number of hydrogen-bond acceptors (Lipinski definition) is 4. The number of amides is 2. The van der Waals surface area contributed by atoms with Crippen LogP contribution < -0.4 is 0 Å². The fourth-order valence-electron chi connectivity index (χ4n) is 2.97. The normalized spacial score (nSPS) is 10.5. The quantitative estimate of drug-likeness (QED) is 0.447. The van der Waals surface area contributed by atoms with Gasteiger partial charge >= 0.3 is 0 Å². The third kappa shape index (κ3) is 6.41. The first-order valence-corrected chi connectivity index (χ1v) is 11.2. The van der Waals surface area contributed by atoms with E-state index >= 15 is 0 Å². The predicted molar refractivity (Wildman–Crippen MR) is 120 cm³/mol. The lowest BCUT2D eigenvalue weighted by Gasteiger charge is -2.27. The summed E-state index contributed by atoms with van der Waals surface area (Å²) in [6, 6.07) is 17.8. The first-order chi connectivity index (χ1) is 14.2. The Morgan fingerprint density at radius 2 is 1.52 bits per heavy atom. The number of carbonyl (C=O) groups is 2. The maximum atomic E-state index is 13.2. The van der Waals surface area contributed by atoms with Crippen LogP contribution in [0.25, 0.3) is 0 Å². The van der Waals surface area contributed by atoms with Gasteiger partial charge in [0.05, 0.1) is 13.0 Å². The summed E-state index contributed by atoms with van der Waals surface area (Å²) in [6.07, 6.45) is 1.98. The van der Waals surface area contributed by atoms with E-state index in [9.17, 15) is 9.59 Å². The van der Waals surface area contributed by atoms with Gasteiger partial charge in [0.25, 0.3) is 0 Å². The maximum Gasteiger partial charge on any atom is 0.242 e. The molecule has 1 aromatic carbocycles. The minimum Gasteiger partial charge on any atom is -0.332 e. The lowest BCUT2D eigenvalue weighted by atomic mass is 10.2. The molecule has 0 N–H and O–H groups in total. The van der Waals surface area contributed by atoms with Gasteiger partial charge in [0.15, 0.2) is 0 Å². The zero-order chi connectivity index (χ0) is 20.5. The summed E-state index contributed by atoms with van der Waals surface area (Å²) in [5.41, 5.74) is 1.07. The van der Waals surface area contributed by atoms with Gasteiger partial charge in [0.2, 0.25) is 11.8 Å². The van der Waals surface area contributed by atoms with Gasteiger partial charge in [-0.25, -0.2) is 0 Å². The standard InChI is InChI=1S/C23H24N2O2S2/c1-2-12-24(22(26)15-20-10-6-13-28-20)18-23(27)25(17-21-11-7-14-29-21)16-19-8-4-3-5-9-19/h2-11,13-14H,1,12,15-18H2. The van der Waals surface area contributed by atoms with Crippen molar-refractivity contribution in [3.63, 3.8) is 0 Å². The lowest BCUT2D eigenvalue weighted by Crippen LogP contribution is -2.43. The highest BCUT2D eigenvalue weighted by atomic mass is 32.1. The van der Waals surface area contributed by atoms with Crippen molar-refractivity contribution in [2.24, 2.45) is 0 Å². The lowest BCUT2D eigenvalue weighted by molar-refractivity contribution is -0.140. The van der Waals surface area contributed by atoms with Crippen molar-refractivity contribution in [3.8, 4) is 0 Å². The van der Waals surface area contributed by atoms with Gasteiger partial charge in [-0.2, -0.15) is 0 Å². The second-order valence-electron chi connectivity index (χ2n) is 6.63. The van der Waals surface area contributed by atoms with E-state index in [1.54, 1.807) is 33.6 Å². The van der Waals surface area contributed by atoms with Crippen molar-refractivity contribution in [3.05, 3.63) is 93.3 Å². The smallest absolute Gasteiger partial charge is 0.242 e. The molecule has 0 fully saturated rings. The molecule has 2 aromatic heterocycles. The minimum absolute atomic E-state index is 0.0500. The summed E-state index contributed by atoms with van der Waals surface area (Å²) in [5, 5.41) is 3.96. The Hall–Kier alpha value is -2.70. The van der Waals surface area contributed by atoms with E-state index in [1.807, 2.05) is 70.3 Å². The van der Waals surface area contributed by atoms with Crippen molar-refractivity contribution in [1.82, 2.24) is 9.80 Å². The van der Waals surface area contributed by atoms with Crippen LogP contribution in [0.2, 0.25) is 0 Å². The highest BCUT2D eigenvalue weighted by molar-refractivity contribution is 7.10. The molecule has 0 atom stereocenters. The van der Waals surface area contributed by atoms with Crippen LogP contribution >= 0.6 is 22.7 Å². The molecule has 0 spiro atoms. The van der Waals surface area contributed by atoms with Crippen molar-refractivity contribution < 1.29 is 9.59 Å². The summed E-state index contributed by atoms with van der Waals surface area (Å²) in [7, 11) is 0. The summed E-state index contributed by atoms with van der Waals surface area (Å²) >= 11 is 3.18. The van der Waals surface area contributed by atoms with Crippen LogP contribution in [0, 0.1) is 0 Å². The Morgan fingerprint density at radius 3 is 2.14 bits per heavy atom. The fourth-order valence-corrected chi connectivity index (χ4v) is 4.39. The van der Waals surface area contributed by atoms with E-state index in [0.717, 1.165) is 15.3 Å². The van der Waals surface area contributed by atoms with E-state index in [0.29, 0.717) is 26.1 Å². The minimum atomic E-state index is -0.0661. The van der Waals surface area contributed by atoms with Crippen molar-refractivity contribution in [2.75, 3.05) is 13.1 Å². The van der Waals surface area contributed by atoms with Gasteiger partial charge in [0, 0.05) is 22.8 Å². The van der Waals surface area contributed by atoms with E-state index in [-0.39, 0.29) is 18.4 Å². The van der Waals surface area contributed by atoms with Gasteiger partial charge in [-0.1, -0.05) is 48.5 Å². The molecule has 29 heavy (non-hydrogen) atoms. The van der Waals surface area contributed by atoms with Crippen molar-refractivity contribution in [1.29, 1.82) is 0 Å². The molecular weight excluding hydrogens is 400 g/mol. The molecule has 0 unspecified atom stereocenters. The Bertz CT molecular complexity index is 906. The molecule has 3 aromatic rings. The van der Waals surface area contributed by atoms with Gasteiger partial charge < -0.3 is 9.80 Å². The average molecular weight is 425 g/mol. The Morgan fingerprint density at radius 1 is 0.828 bits per heavy atom. The fraction of sp³-hybridized carbons (Fsp3) is 0.217. The molecule has 0 radical (unpaired) electrons. The second kappa shape index (κ2) is 10.7. The summed E-state index contributed by atoms with van der Waals surface area (Å²) in [5.74, 6) is -0.125. The largest absolute Gasteiger partial charge is 0.332 e. The van der Waals surface area contributed by atoms with Gasteiger partial charge in [-0.3, -0.25) is 9.59 Å². The molecule has 3 rings (SSSR count). The Labute approximate surface area is 179 Å². The van der Waals surface area contributed by atoms with Crippen LogP contribution in [0.4, 0.5) is 0 Å². The van der Waals surface area contributed by atoms with Gasteiger partial charge in [-0.15, -0.1) is 29.3 Å². The Kier molecular flexibility index (Phi) is 7.78. The summed E-state index contributed by atoms with van der Waals surface area (Å²) < 4.78 is 0. The maximum absolute atomic E-state index is 13.2. The molecule has 6 heteroatoms. The summed E-state index contributed by atoms with van der Waals surface area (Å²) in [6.45, 7) is 5.20. The molecule has 0 saturated heterocycles. The number of hydrogen-bond donors (Lipinski definition) is 0. The Balaban J connectivity index is 1.71. The third-order valence-corrected chi connectivity index (χ3v) is 6.17. The van der Waals surface area contributed by atoms with Crippen LogP contribution in [0.1, 0.15) is 15.3 Å². The number of thiophene rings is 2. The zero-order valence-corrected chi connectivity index (χ0v) is 17.8. The number of benzene rings is 1. The molecule has 0 saturated carbocycles. The first-order valence-electron chi connectivity index (χ1n) is 9.41. The molecule has 0 aliphatic heterocycles. The molecule has 0 bridgehead atoms. The monoisotopic (exact) mass is 424 g/mol.